The molecule has 0 aromatic rings. The summed E-state index contributed by atoms with van der Waals surface area (Å²) in [5, 5.41) is 3.78. The number of rotatable bonds is 5. The molecule has 0 aromatic heterocycles. The van der Waals surface area contributed by atoms with Gasteiger partial charge in [-0.3, -0.25) is 0 Å². The third kappa shape index (κ3) is 3.96. The van der Waals surface area contributed by atoms with Crippen molar-refractivity contribution in [1.82, 2.24) is 5.32 Å². The number of hydrogen-bond donors (Lipinski definition) is 1. The van der Waals surface area contributed by atoms with E-state index in [-0.39, 0.29) is 5.54 Å². The predicted molar refractivity (Wildman–Crippen MR) is 68.6 cm³/mol. The van der Waals surface area contributed by atoms with Crippen LogP contribution in [0, 0.1) is 5.92 Å². The lowest BCUT2D eigenvalue weighted by Crippen LogP contribution is -2.53. The normalized spacial score (nSPS) is 34.0. The maximum atomic E-state index is 6.18. The average molecular weight is 232 g/mol. The van der Waals surface area contributed by atoms with Gasteiger partial charge in [-0.1, -0.05) is 33.1 Å². The lowest BCUT2D eigenvalue weighted by molar-refractivity contribution is 0.190. The Hall–Kier alpha value is 0.250. The molecule has 1 nitrogen and oxygen atoms in total. The van der Waals surface area contributed by atoms with E-state index in [1.165, 1.54) is 38.5 Å². The van der Waals surface area contributed by atoms with Crippen LogP contribution in [-0.4, -0.2) is 17.5 Å². The predicted octanol–water partition coefficient (Wildman–Crippen LogP) is 3.95. The highest BCUT2D eigenvalue weighted by atomic mass is 35.5. The lowest BCUT2D eigenvalue weighted by Gasteiger charge is -2.41. The van der Waals surface area contributed by atoms with Crippen molar-refractivity contribution in [2.24, 2.45) is 5.92 Å². The Morgan fingerprint density at radius 2 is 2.27 bits per heavy atom. The molecule has 1 saturated carbocycles. The summed E-state index contributed by atoms with van der Waals surface area (Å²) < 4.78 is 0. The molecule has 1 rings (SSSR count). The molecule has 0 bridgehead atoms. The fourth-order valence-electron chi connectivity index (χ4n) is 2.98. The summed E-state index contributed by atoms with van der Waals surface area (Å²) in [5.41, 5.74) is 0.230. The van der Waals surface area contributed by atoms with E-state index in [1.807, 2.05) is 0 Å². The van der Waals surface area contributed by atoms with Crippen LogP contribution in [0.25, 0.3) is 0 Å². The van der Waals surface area contributed by atoms with Crippen molar-refractivity contribution >= 4 is 11.6 Å². The van der Waals surface area contributed by atoms with Crippen LogP contribution in [-0.2, 0) is 0 Å². The van der Waals surface area contributed by atoms with E-state index in [0.29, 0.717) is 6.04 Å². The monoisotopic (exact) mass is 231 g/mol. The van der Waals surface area contributed by atoms with Gasteiger partial charge in [0, 0.05) is 17.5 Å². The Bertz CT molecular complexity index is 183. The van der Waals surface area contributed by atoms with Crippen molar-refractivity contribution in [3.05, 3.63) is 0 Å². The molecule has 3 atom stereocenters. The summed E-state index contributed by atoms with van der Waals surface area (Å²) in [5.74, 6) is 1.60. The minimum absolute atomic E-state index is 0.230. The Morgan fingerprint density at radius 3 is 2.80 bits per heavy atom. The molecule has 0 heterocycles. The van der Waals surface area contributed by atoms with Gasteiger partial charge in [-0.25, -0.2) is 0 Å². The van der Waals surface area contributed by atoms with E-state index >= 15 is 0 Å². The Morgan fingerprint density at radius 1 is 1.53 bits per heavy atom. The zero-order chi connectivity index (χ0) is 11.3. The fraction of sp³-hybridized carbons (Fsp3) is 1.00. The van der Waals surface area contributed by atoms with Crippen LogP contribution < -0.4 is 5.32 Å². The van der Waals surface area contributed by atoms with Gasteiger partial charge in [-0.2, -0.15) is 0 Å². The van der Waals surface area contributed by atoms with Gasteiger partial charge in [0.15, 0.2) is 0 Å². The largest absolute Gasteiger partial charge is 0.308 e. The van der Waals surface area contributed by atoms with Gasteiger partial charge >= 0.3 is 0 Å². The second kappa shape index (κ2) is 6.10. The second-order valence-corrected chi connectivity index (χ2v) is 5.72. The van der Waals surface area contributed by atoms with Gasteiger partial charge in [0.2, 0.25) is 0 Å². The topological polar surface area (TPSA) is 12.0 Å². The lowest BCUT2D eigenvalue weighted by atomic mass is 9.77. The molecule has 0 radical (unpaired) electrons. The summed E-state index contributed by atoms with van der Waals surface area (Å²) in [6, 6.07) is 0.610. The van der Waals surface area contributed by atoms with Crippen LogP contribution in [0.2, 0.25) is 0 Å². The maximum absolute atomic E-state index is 6.18. The van der Waals surface area contributed by atoms with Crippen LogP contribution in [0.1, 0.15) is 59.3 Å². The molecule has 0 amide bonds. The minimum atomic E-state index is 0.230. The summed E-state index contributed by atoms with van der Waals surface area (Å²) in [6.07, 6.45) is 7.73. The van der Waals surface area contributed by atoms with Crippen molar-refractivity contribution in [1.29, 1.82) is 0 Å². The van der Waals surface area contributed by atoms with Gasteiger partial charge in [0.05, 0.1) is 0 Å². The van der Waals surface area contributed by atoms with Crippen molar-refractivity contribution in [2.45, 2.75) is 70.9 Å². The van der Waals surface area contributed by atoms with E-state index in [2.05, 4.69) is 26.1 Å². The molecule has 0 aromatic carbocycles. The fourth-order valence-corrected chi connectivity index (χ4v) is 3.30. The molecule has 2 heteroatoms. The highest BCUT2D eigenvalue weighted by Crippen LogP contribution is 2.33. The summed E-state index contributed by atoms with van der Waals surface area (Å²) in [4.78, 5) is 0. The van der Waals surface area contributed by atoms with E-state index in [1.54, 1.807) is 0 Å². The third-order valence-electron chi connectivity index (χ3n) is 3.62. The van der Waals surface area contributed by atoms with Crippen LogP contribution >= 0.6 is 11.6 Å². The molecular weight excluding hydrogens is 206 g/mol. The third-order valence-corrected chi connectivity index (χ3v) is 4.13. The molecule has 1 aliphatic carbocycles. The van der Waals surface area contributed by atoms with Crippen LogP contribution in [0.15, 0.2) is 0 Å². The van der Waals surface area contributed by atoms with Crippen LogP contribution in [0.3, 0.4) is 0 Å². The Balaban J connectivity index is 2.51. The SMILES string of the molecule is CCCC(C)NC1(CCl)CCCC(C)C1. The standard InChI is InChI=1S/C13H26ClN/c1-4-6-12(3)15-13(10-14)8-5-7-11(2)9-13/h11-12,15H,4-10H2,1-3H3. The molecular formula is C13H26ClN. The first-order valence-corrected chi connectivity index (χ1v) is 6.99. The molecule has 0 aliphatic heterocycles. The zero-order valence-electron chi connectivity index (χ0n) is 10.5. The van der Waals surface area contributed by atoms with Gasteiger partial charge in [0.1, 0.15) is 0 Å². The molecule has 1 fully saturated rings. The first kappa shape index (κ1) is 13.3. The van der Waals surface area contributed by atoms with E-state index in [0.717, 1.165) is 11.8 Å². The van der Waals surface area contributed by atoms with Gasteiger partial charge in [-0.15, -0.1) is 11.6 Å². The number of nitrogens with one attached hydrogen (secondary N) is 1. The number of hydrogen-bond acceptors (Lipinski definition) is 1. The van der Waals surface area contributed by atoms with Gasteiger partial charge in [0.25, 0.3) is 0 Å². The summed E-state index contributed by atoms with van der Waals surface area (Å²) in [7, 11) is 0. The highest BCUT2D eigenvalue weighted by molar-refractivity contribution is 6.18. The van der Waals surface area contributed by atoms with Crippen molar-refractivity contribution in [3.8, 4) is 0 Å². The molecule has 1 N–H and O–H groups in total. The Labute approximate surface area is 100.0 Å². The summed E-state index contributed by atoms with van der Waals surface area (Å²) in [6.45, 7) is 6.89. The quantitative estimate of drug-likeness (QED) is 0.707. The van der Waals surface area contributed by atoms with E-state index in [4.69, 9.17) is 11.6 Å². The van der Waals surface area contributed by atoms with Crippen molar-refractivity contribution in [3.63, 3.8) is 0 Å². The molecule has 1 aliphatic rings. The van der Waals surface area contributed by atoms with Crippen molar-refractivity contribution in [2.75, 3.05) is 5.88 Å². The number of halogens is 1. The first-order valence-electron chi connectivity index (χ1n) is 6.45. The molecule has 90 valence electrons. The Kier molecular flexibility index (Phi) is 5.42. The van der Waals surface area contributed by atoms with E-state index in [9.17, 15) is 0 Å². The van der Waals surface area contributed by atoms with E-state index < -0.39 is 0 Å². The van der Waals surface area contributed by atoms with Crippen LogP contribution in [0.5, 0.6) is 0 Å². The highest BCUT2D eigenvalue weighted by Gasteiger charge is 2.34. The summed E-state index contributed by atoms with van der Waals surface area (Å²) >= 11 is 6.18. The minimum Gasteiger partial charge on any atom is -0.308 e. The smallest absolute Gasteiger partial charge is 0.0406 e. The second-order valence-electron chi connectivity index (χ2n) is 5.45. The van der Waals surface area contributed by atoms with Crippen LogP contribution in [0.4, 0.5) is 0 Å². The molecule has 15 heavy (non-hydrogen) atoms. The first-order chi connectivity index (χ1) is 7.12. The maximum Gasteiger partial charge on any atom is 0.0406 e. The van der Waals surface area contributed by atoms with Gasteiger partial charge < -0.3 is 5.32 Å². The zero-order valence-corrected chi connectivity index (χ0v) is 11.2. The average Bonchev–Trinajstić information content (AvgIpc) is 2.18. The molecule has 0 spiro atoms. The number of alkyl halides is 1. The molecule has 3 unspecified atom stereocenters. The van der Waals surface area contributed by atoms with Gasteiger partial charge in [-0.05, 0) is 32.1 Å². The molecule has 0 saturated heterocycles. The van der Waals surface area contributed by atoms with Crippen molar-refractivity contribution < 1.29 is 0 Å².